The van der Waals surface area contributed by atoms with E-state index in [4.69, 9.17) is 4.74 Å². The quantitative estimate of drug-likeness (QED) is 0.520. The molecule has 0 spiro atoms. The lowest BCUT2D eigenvalue weighted by Crippen LogP contribution is -2.32. The Morgan fingerprint density at radius 1 is 1.09 bits per heavy atom. The summed E-state index contributed by atoms with van der Waals surface area (Å²) in [5.74, 6) is -3.02. The van der Waals surface area contributed by atoms with Gasteiger partial charge in [-0.05, 0) is 35.9 Å². The molecular formula is C22H15F3N2O5S2. The zero-order chi connectivity index (χ0) is 24.4. The molecule has 12 heteroatoms. The molecule has 3 heterocycles. The molecule has 0 bridgehead atoms. The first kappa shape index (κ1) is 22.5. The lowest BCUT2D eigenvalue weighted by atomic mass is 9.83. The summed E-state index contributed by atoms with van der Waals surface area (Å²) in [7, 11) is 1.36. The molecule has 2 aliphatic rings. The number of aromatic nitrogens is 1. The summed E-state index contributed by atoms with van der Waals surface area (Å²) in [4.78, 5) is 42.7. The molecule has 3 aromatic rings. The van der Waals surface area contributed by atoms with Gasteiger partial charge >= 0.3 is 11.0 Å². The van der Waals surface area contributed by atoms with Crippen LogP contribution in [0, 0.1) is 5.92 Å². The van der Waals surface area contributed by atoms with Gasteiger partial charge < -0.3 is 14.8 Å². The second kappa shape index (κ2) is 7.91. The topological polar surface area (TPSA) is 99.7 Å². The van der Waals surface area contributed by atoms with Crippen LogP contribution in [-0.2, 0) is 15.8 Å². The van der Waals surface area contributed by atoms with Crippen molar-refractivity contribution in [3.63, 3.8) is 0 Å². The van der Waals surface area contributed by atoms with Crippen LogP contribution >= 0.6 is 23.1 Å². The van der Waals surface area contributed by atoms with Gasteiger partial charge in [0.25, 0.3) is 0 Å². The van der Waals surface area contributed by atoms with Crippen molar-refractivity contribution in [1.29, 1.82) is 0 Å². The molecule has 7 nitrogen and oxygen atoms in total. The number of ether oxygens (including phenoxy) is 1. The average molecular weight is 508 g/mol. The second-order valence-electron chi connectivity index (χ2n) is 7.74. The van der Waals surface area contributed by atoms with E-state index in [1.165, 1.54) is 25.3 Å². The van der Waals surface area contributed by atoms with Crippen LogP contribution in [0.25, 0.3) is 0 Å². The Morgan fingerprint density at radius 3 is 2.56 bits per heavy atom. The molecule has 1 saturated heterocycles. The third-order valence-corrected chi connectivity index (χ3v) is 8.22. The van der Waals surface area contributed by atoms with E-state index in [9.17, 15) is 32.7 Å². The second-order valence-corrected chi connectivity index (χ2v) is 9.91. The number of nitrogens with zero attached hydrogens (tertiary/aromatic N) is 1. The molecule has 3 unspecified atom stereocenters. The van der Waals surface area contributed by atoms with Crippen LogP contribution in [0.4, 0.5) is 18.9 Å². The number of thioether (sulfide) groups is 1. The summed E-state index contributed by atoms with van der Waals surface area (Å²) in [5, 5.41) is 9.47. The van der Waals surface area contributed by atoms with Gasteiger partial charge in [-0.25, -0.2) is 4.90 Å². The number of phenolic OH excluding ortho intramolecular Hbond substituents is 1. The van der Waals surface area contributed by atoms with E-state index in [1.807, 2.05) is 0 Å². The van der Waals surface area contributed by atoms with Crippen LogP contribution in [0.2, 0.25) is 0 Å². The summed E-state index contributed by atoms with van der Waals surface area (Å²) in [6, 6.07) is 8.53. The summed E-state index contributed by atoms with van der Waals surface area (Å²) in [6.07, 6.45) is -4.64. The number of rotatable bonds is 3. The molecule has 5 rings (SSSR count). The van der Waals surface area contributed by atoms with Gasteiger partial charge in [-0.1, -0.05) is 35.2 Å². The predicted octanol–water partition coefficient (Wildman–Crippen LogP) is 3.97. The number of H-pyrrole nitrogens is 1. The molecule has 0 radical (unpaired) electrons. The number of fused-ring (bicyclic) bond motifs is 2. The van der Waals surface area contributed by atoms with Crippen molar-refractivity contribution < 1.29 is 32.6 Å². The van der Waals surface area contributed by atoms with Crippen molar-refractivity contribution in [2.45, 2.75) is 22.4 Å². The van der Waals surface area contributed by atoms with Crippen LogP contribution in [-0.4, -0.2) is 34.3 Å². The fraction of sp³-hybridized carbons (Fsp3) is 0.227. The van der Waals surface area contributed by atoms with Gasteiger partial charge in [-0.15, -0.1) is 0 Å². The number of alkyl halides is 3. The van der Waals surface area contributed by atoms with Crippen molar-refractivity contribution in [1.82, 2.24) is 4.98 Å². The highest BCUT2D eigenvalue weighted by atomic mass is 32.2. The van der Waals surface area contributed by atoms with E-state index >= 15 is 0 Å². The number of aromatic hydroxyl groups is 1. The Hall–Kier alpha value is -3.25. The van der Waals surface area contributed by atoms with Gasteiger partial charge in [0.2, 0.25) is 11.8 Å². The zero-order valence-electron chi connectivity index (χ0n) is 17.3. The minimum absolute atomic E-state index is 0.130. The van der Waals surface area contributed by atoms with Gasteiger partial charge in [-0.3, -0.25) is 14.4 Å². The molecule has 2 amide bonds. The average Bonchev–Trinajstić information content (AvgIpc) is 3.28. The van der Waals surface area contributed by atoms with Gasteiger partial charge in [0, 0.05) is 10.8 Å². The molecule has 0 aliphatic carbocycles. The lowest BCUT2D eigenvalue weighted by Gasteiger charge is -2.30. The van der Waals surface area contributed by atoms with Crippen LogP contribution in [0.3, 0.4) is 0 Å². The van der Waals surface area contributed by atoms with Gasteiger partial charge in [0.1, 0.15) is 5.25 Å². The highest BCUT2D eigenvalue weighted by Gasteiger charge is 2.56. The Labute approximate surface area is 198 Å². The van der Waals surface area contributed by atoms with Gasteiger partial charge in [0.05, 0.1) is 29.3 Å². The molecule has 0 saturated carbocycles. The van der Waals surface area contributed by atoms with E-state index in [0.717, 1.165) is 46.2 Å². The van der Waals surface area contributed by atoms with Crippen molar-refractivity contribution in [2.75, 3.05) is 12.0 Å². The van der Waals surface area contributed by atoms with E-state index in [0.29, 0.717) is 15.5 Å². The molecule has 34 heavy (non-hydrogen) atoms. The fourth-order valence-corrected chi connectivity index (χ4v) is 6.85. The number of hydrogen-bond donors (Lipinski definition) is 2. The fourth-order valence-electron chi connectivity index (χ4n) is 4.34. The first-order valence-electron chi connectivity index (χ1n) is 9.91. The summed E-state index contributed by atoms with van der Waals surface area (Å²) in [5.41, 5.74) is -0.622. The minimum atomic E-state index is -4.64. The normalized spacial score (nSPS) is 22.0. The summed E-state index contributed by atoms with van der Waals surface area (Å²) in [6.45, 7) is 0. The van der Waals surface area contributed by atoms with E-state index < -0.39 is 40.6 Å². The molecule has 2 N–H and O–H groups in total. The number of thiazole rings is 1. The Morgan fingerprint density at radius 2 is 1.85 bits per heavy atom. The predicted molar refractivity (Wildman–Crippen MR) is 119 cm³/mol. The largest absolute Gasteiger partial charge is 0.504 e. The van der Waals surface area contributed by atoms with Crippen LogP contribution < -0.4 is 14.5 Å². The molecule has 1 fully saturated rings. The number of nitrogens with one attached hydrogen (secondary N) is 1. The van der Waals surface area contributed by atoms with Gasteiger partial charge in [-0.2, -0.15) is 13.2 Å². The number of carbonyl (C=O) groups is 2. The highest BCUT2D eigenvalue weighted by molar-refractivity contribution is 8.00. The standard InChI is InChI=1S/C22H15F3N2O5S2/c1-32-13-7-9(5-6-12(13)28)14-15-17(33-18-16(14)34-21(31)26-18)20(30)27(19(15)29)11-4-2-3-10(8-11)22(23,24)25/h2-8,14-15,17,28H,1H3,(H,26,31). The molecule has 3 atom stereocenters. The summed E-state index contributed by atoms with van der Waals surface area (Å²) < 4.78 is 44.9. The number of methoxy groups -OCH3 is 1. The highest BCUT2D eigenvalue weighted by Crippen LogP contribution is 2.53. The molecule has 2 aromatic carbocycles. The maximum Gasteiger partial charge on any atom is 0.416 e. The zero-order valence-corrected chi connectivity index (χ0v) is 18.9. The number of halogens is 3. The maximum atomic E-state index is 13.6. The van der Waals surface area contributed by atoms with Crippen LogP contribution in [0.1, 0.15) is 21.9 Å². The Bertz CT molecular complexity index is 1380. The van der Waals surface area contributed by atoms with Crippen molar-refractivity contribution in [3.05, 3.63) is 68.1 Å². The molecule has 176 valence electrons. The number of benzene rings is 2. The van der Waals surface area contributed by atoms with Crippen molar-refractivity contribution >= 4 is 40.6 Å². The number of aromatic amines is 1. The smallest absolute Gasteiger partial charge is 0.416 e. The Kier molecular flexibility index (Phi) is 5.24. The van der Waals surface area contributed by atoms with E-state index in [2.05, 4.69) is 4.98 Å². The lowest BCUT2D eigenvalue weighted by molar-refractivity contribution is -0.137. The minimum Gasteiger partial charge on any atom is -0.504 e. The number of imide groups is 1. The first-order chi connectivity index (χ1) is 16.1. The van der Waals surface area contributed by atoms with Crippen molar-refractivity contribution in [2.24, 2.45) is 5.92 Å². The van der Waals surface area contributed by atoms with Crippen LogP contribution in [0.15, 0.2) is 52.3 Å². The Balaban J connectivity index is 1.64. The molecular weight excluding hydrogens is 493 g/mol. The molecule has 2 aliphatic heterocycles. The van der Waals surface area contributed by atoms with Crippen molar-refractivity contribution in [3.8, 4) is 11.5 Å². The molecule has 1 aromatic heterocycles. The van der Waals surface area contributed by atoms with Gasteiger partial charge in [0.15, 0.2) is 11.5 Å². The number of anilines is 1. The maximum absolute atomic E-state index is 13.6. The number of phenols is 1. The number of amides is 2. The monoisotopic (exact) mass is 508 g/mol. The summed E-state index contributed by atoms with van der Waals surface area (Å²) >= 11 is 1.92. The van der Waals surface area contributed by atoms with E-state index in [1.54, 1.807) is 6.07 Å². The first-order valence-corrected chi connectivity index (χ1v) is 11.6. The van der Waals surface area contributed by atoms with Crippen LogP contribution in [0.5, 0.6) is 11.5 Å². The van der Waals surface area contributed by atoms with E-state index in [-0.39, 0.29) is 22.1 Å². The SMILES string of the molecule is COc1cc(C2c3sc(=O)[nH]c3SC3C(=O)N(c4cccc(C(F)(F)F)c4)C(=O)C32)ccc1O. The number of hydrogen-bond acceptors (Lipinski definition) is 7. The third-order valence-electron chi connectivity index (χ3n) is 5.82. The number of carbonyl (C=O) groups excluding carboxylic acids is 2. The third kappa shape index (κ3) is 3.48.